The largest absolute Gasteiger partial charge is 0.470 e. The number of quaternary nitrogens is 1. The fraction of sp³-hybridized carbons (Fsp3) is 1.00. The molecule has 1 unspecified atom stereocenters. The first kappa shape index (κ1) is 30.1. The Bertz CT molecular complexity index is 425. The zero-order chi connectivity index (χ0) is 22.7. The third kappa shape index (κ3) is 21.3. The normalized spacial score (nSPS) is 13.7. The van der Waals surface area contributed by atoms with Gasteiger partial charge in [-0.2, -0.15) is 0 Å². The molecular weight excluding hydrogens is 397 g/mol. The van der Waals surface area contributed by atoms with Crippen molar-refractivity contribution in [3.63, 3.8) is 0 Å². The number of likely N-dealkylation sites (N-methyl/N-ethyl adjacent to an activating group) is 1. The number of phosphoric acid groups is 1. The van der Waals surface area contributed by atoms with Gasteiger partial charge in [0.2, 0.25) is 0 Å². The molecule has 0 bridgehead atoms. The molecule has 0 rings (SSSR count). The molecule has 0 radical (unpaired) electrons. The number of hydrogen-bond donors (Lipinski definition) is 2. The molecule has 0 aliphatic rings. The topological polar surface area (TPSA) is 66.8 Å². The van der Waals surface area contributed by atoms with Crippen LogP contribution in [0.1, 0.15) is 123 Å². The molecule has 30 heavy (non-hydrogen) atoms. The maximum Gasteiger partial charge on any atom is 0.470 e. The molecule has 0 heterocycles. The lowest BCUT2D eigenvalue weighted by Gasteiger charge is -2.32. The van der Waals surface area contributed by atoms with Crippen LogP contribution in [0, 0.1) is 0 Å². The van der Waals surface area contributed by atoms with Crippen molar-refractivity contribution in [2.45, 2.75) is 129 Å². The number of rotatable bonds is 22. The van der Waals surface area contributed by atoms with E-state index >= 15 is 0 Å². The summed E-state index contributed by atoms with van der Waals surface area (Å²) in [6, 6.07) is 0. The molecule has 182 valence electrons. The first-order valence-corrected chi connectivity index (χ1v) is 14.3. The highest BCUT2D eigenvalue weighted by molar-refractivity contribution is 7.46. The average Bonchev–Trinajstić information content (AvgIpc) is 2.66. The van der Waals surface area contributed by atoms with Crippen molar-refractivity contribution in [1.29, 1.82) is 0 Å². The predicted octanol–water partition coefficient (Wildman–Crippen LogP) is 7.21. The summed E-state index contributed by atoms with van der Waals surface area (Å²) >= 11 is 0. The predicted molar refractivity (Wildman–Crippen MR) is 129 cm³/mol. The summed E-state index contributed by atoms with van der Waals surface area (Å²) in [5, 5.41) is 0. The van der Waals surface area contributed by atoms with E-state index in [-0.39, 0.29) is 6.10 Å². The molecule has 0 aromatic rings. The van der Waals surface area contributed by atoms with Gasteiger partial charge in [0.05, 0.1) is 20.6 Å². The lowest BCUT2D eigenvalue weighted by molar-refractivity contribution is -0.891. The molecule has 0 aliphatic carbocycles. The van der Waals surface area contributed by atoms with Crippen LogP contribution in [0.25, 0.3) is 0 Å². The molecule has 2 N–H and O–H groups in total. The van der Waals surface area contributed by atoms with Gasteiger partial charge in [-0.25, -0.2) is 4.57 Å². The van der Waals surface area contributed by atoms with Crippen molar-refractivity contribution >= 4 is 7.82 Å². The fourth-order valence-corrected chi connectivity index (χ4v) is 4.53. The molecule has 0 aromatic heterocycles. The van der Waals surface area contributed by atoms with Crippen molar-refractivity contribution in [2.24, 2.45) is 0 Å². The third-order valence-electron chi connectivity index (χ3n) is 6.22. The molecular formula is C24H53NO4P+. The number of phosphoric ester groups is 1. The number of hydrogen-bond acceptors (Lipinski definition) is 2. The lowest BCUT2D eigenvalue weighted by Crippen LogP contribution is -2.45. The molecule has 0 fully saturated rings. The Morgan fingerprint density at radius 1 is 0.700 bits per heavy atom. The first-order chi connectivity index (χ1) is 14.2. The summed E-state index contributed by atoms with van der Waals surface area (Å²) in [6.45, 7) is 5.92. The Kier molecular flexibility index (Phi) is 18.7. The second-order valence-electron chi connectivity index (χ2n) is 9.74. The van der Waals surface area contributed by atoms with E-state index in [1.807, 2.05) is 0 Å². The molecule has 6 heteroatoms. The van der Waals surface area contributed by atoms with Crippen LogP contribution in [0.4, 0.5) is 0 Å². The van der Waals surface area contributed by atoms with Crippen molar-refractivity contribution in [2.75, 3.05) is 27.2 Å². The van der Waals surface area contributed by atoms with Crippen LogP contribution in [0.2, 0.25) is 0 Å². The summed E-state index contributed by atoms with van der Waals surface area (Å²) in [6.07, 6.45) is 21.6. The Balaban J connectivity index is 3.60. The summed E-state index contributed by atoms with van der Waals surface area (Å²) in [5.41, 5.74) is 0. The minimum Gasteiger partial charge on any atom is -0.327 e. The molecule has 0 aromatic carbocycles. The van der Waals surface area contributed by atoms with Crippen molar-refractivity contribution < 1.29 is 23.4 Å². The zero-order valence-electron chi connectivity index (χ0n) is 20.6. The highest BCUT2D eigenvalue weighted by Crippen LogP contribution is 2.39. The van der Waals surface area contributed by atoms with Gasteiger partial charge in [-0.05, 0) is 13.3 Å². The van der Waals surface area contributed by atoms with Gasteiger partial charge in [-0.3, -0.25) is 4.52 Å². The van der Waals surface area contributed by atoms with Gasteiger partial charge >= 0.3 is 7.82 Å². The zero-order valence-corrected chi connectivity index (χ0v) is 21.5. The Morgan fingerprint density at radius 3 is 1.40 bits per heavy atom. The minimum atomic E-state index is -4.42. The summed E-state index contributed by atoms with van der Waals surface area (Å²) in [4.78, 5) is 18.3. The van der Waals surface area contributed by atoms with E-state index in [0.29, 0.717) is 11.0 Å². The van der Waals surface area contributed by atoms with E-state index in [0.717, 1.165) is 25.8 Å². The standard InChI is InChI=1S/C24H52NO4P/c1-5-7-8-9-10-11-12-13-14-15-16-17-18-19-20-21-22-24(29-30(26,27)28)23-25(3,4)6-2/h24H,5-23H2,1-4H3,(H-,26,27,28)/p+1. The van der Waals surface area contributed by atoms with Gasteiger partial charge in [0.15, 0.2) is 0 Å². The summed E-state index contributed by atoms with van der Waals surface area (Å²) < 4.78 is 17.0. The minimum absolute atomic E-state index is 0.368. The molecule has 0 saturated carbocycles. The van der Waals surface area contributed by atoms with Crippen LogP contribution in [0.3, 0.4) is 0 Å². The highest BCUT2D eigenvalue weighted by Gasteiger charge is 2.27. The van der Waals surface area contributed by atoms with Gasteiger partial charge in [0, 0.05) is 0 Å². The second kappa shape index (κ2) is 18.6. The molecule has 1 atom stereocenters. The van der Waals surface area contributed by atoms with Crippen LogP contribution in [0.5, 0.6) is 0 Å². The quantitative estimate of drug-likeness (QED) is 0.104. The first-order valence-electron chi connectivity index (χ1n) is 12.8. The van der Waals surface area contributed by atoms with E-state index in [4.69, 9.17) is 4.52 Å². The van der Waals surface area contributed by atoms with Gasteiger partial charge in [0.1, 0.15) is 12.6 Å². The average molecular weight is 451 g/mol. The van der Waals surface area contributed by atoms with E-state index in [2.05, 4.69) is 27.9 Å². The molecule has 0 spiro atoms. The summed E-state index contributed by atoms with van der Waals surface area (Å²) in [7, 11) is -0.274. The van der Waals surface area contributed by atoms with Crippen LogP contribution in [-0.2, 0) is 9.09 Å². The van der Waals surface area contributed by atoms with E-state index in [1.54, 1.807) is 0 Å². The van der Waals surface area contributed by atoms with Crippen molar-refractivity contribution in [1.82, 2.24) is 0 Å². The number of unbranched alkanes of at least 4 members (excludes halogenated alkanes) is 15. The van der Waals surface area contributed by atoms with Crippen LogP contribution in [-0.4, -0.2) is 47.6 Å². The van der Waals surface area contributed by atoms with Crippen molar-refractivity contribution in [3.05, 3.63) is 0 Å². The van der Waals surface area contributed by atoms with Crippen LogP contribution in [0.15, 0.2) is 0 Å². The van der Waals surface area contributed by atoms with Gasteiger partial charge in [0.25, 0.3) is 0 Å². The monoisotopic (exact) mass is 450 g/mol. The molecule has 5 nitrogen and oxygen atoms in total. The van der Waals surface area contributed by atoms with Crippen molar-refractivity contribution in [3.8, 4) is 0 Å². The van der Waals surface area contributed by atoms with E-state index in [1.165, 1.54) is 89.9 Å². The van der Waals surface area contributed by atoms with E-state index in [9.17, 15) is 14.4 Å². The van der Waals surface area contributed by atoms with Crippen LogP contribution >= 0.6 is 7.82 Å². The second-order valence-corrected chi connectivity index (χ2v) is 10.9. The summed E-state index contributed by atoms with van der Waals surface area (Å²) in [5.74, 6) is 0. The highest BCUT2D eigenvalue weighted by atomic mass is 31.2. The maximum atomic E-state index is 11.3. The third-order valence-corrected chi connectivity index (χ3v) is 6.79. The smallest absolute Gasteiger partial charge is 0.327 e. The van der Waals surface area contributed by atoms with Gasteiger partial charge in [-0.1, -0.05) is 110 Å². The Morgan fingerprint density at radius 2 is 1.07 bits per heavy atom. The molecule has 0 aliphatic heterocycles. The maximum absolute atomic E-state index is 11.3. The van der Waals surface area contributed by atoms with E-state index < -0.39 is 7.82 Å². The van der Waals surface area contributed by atoms with Crippen LogP contribution < -0.4 is 0 Å². The fourth-order valence-electron chi connectivity index (χ4n) is 3.97. The van der Waals surface area contributed by atoms with Gasteiger partial charge in [-0.15, -0.1) is 0 Å². The van der Waals surface area contributed by atoms with Gasteiger partial charge < -0.3 is 14.3 Å². The Labute approximate surface area is 187 Å². The number of nitrogens with zero attached hydrogens (tertiary/aromatic N) is 1. The SMILES string of the molecule is CCCCCCCCCCCCCCCCCCC(C[N+](C)(C)CC)OP(=O)(O)O. The Hall–Kier alpha value is 0.0700. The lowest BCUT2D eigenvalue weighted by atomic mass is 10.0. The molecule has 0 saturated heterocycles. The molecule has 0 amide bonds.